The zero-order valence-corrected chi connectivity index (χ0v) is 11.2. The van der Waals surface area contributed by atoms with Crippen LogP contribution in [0.1, 0.15) is 38.3 Å². The number of hydrogen-bond donors (Lipinski definition) is 0. The first kappa shape index (κ1) is 13.5. The minimum atomic E-state index is 1.11. The molecule has 0 saturated heterocycles. The number of hydrogen-bond acceptors (Lipinski definition) is 0. The van der Waals surface area contributed by atoms with Gasteiger partial charge in [0.05, 0.1) is 0 Å². The highest BCUT2D eigenvalue weighted by Gasteiger charge is 2.07. The highest BCUT2D eigenvalue weighted by molar-refractivity contribution is 5.79. The number of aryl methyl sites for hydroxylation is 1. The van der Waals surface area contributed by atoms with Crippen LogP contribution in [-0.2, 0) is 6.42 Å². The van der Waals surface area contributed by atoms with Crippen molar-refractivity contribution in [2.45, 2.75) is 33.6 Å². The van der Waals surface area contributed by atoms with Gasteiger partial charge in [0, 0.05) is 0 Å². The van der Waals surface area contributed by atoms with E-state index in [1.807, 2.05) is 6.08 Å². The molecule has 1 aromatic rings. The van der Waals surface area contributed by atoms with Crippen molar-refractivity contribution < 1.29 is 0 Å². The molecule has 0 heteroatoms. The summed E-state index contributed by atoms with van der Waals surface area (Å²) in [6.07, 6.45) is 4.16. The Bertz CT molecular complexity index is 447. The van der Waals surface area contributed by atoms with Crippen LogP contribution in [-0.4, -0.2) is 0 Å². The van der Waals surface area contributed by atoms with Crippen molar-refractivity contribution in [3.05, 3.63) is 65.8 Å². The van der Waals surface area contributed by atoms with Crippen molar-refractivity contribution in [2.75, 3.05) is 0 Å². The molecule has 0 nitrogen and oxygen atoms in total. The molecule has 0 fully saturated rings. The largest absolute Gasteiger partial charge is 0.0988 e. The molecular weight excluding hydrogens is 204 g/mol. The Labute approximate surface area is 105 Å². The number of allylic oxidation sites excluding steroid dienone is 4. The van der Waals surface area contributed by atoms with Crippen molar-refractivity contribution in [3.63, 3.8) is 0 Å². The van der Waals surface area contributed by atoms with Gasteiger partial charge >= 0.3 is 0 Å². The molecule has 0 radical (unpaired) electrons. The van der Waals surface area contributed by atoms with Crippen molar-refractivity contribution in [1.29, 1.82) is 0 Å². The van der Waals surface area contributed by atoms with Gasteiger partial charge in [-0.3, -0.25) is 0 Å². The van der Waals surface area contributed by atoms with E-state index in [9.17, 15) is 0 Å². The maximum atomic E-state index is 4.23. The second-order valence-electron chi connectivity index (χ2n) is 4.40. The van der Waals surface area contributed by atoms with E-state index in [-0.39, 0.29) is 0 Å². The predicted molar refractivity (Wildman–Crippen MR) is 78.0 cm³/mol. The van der Waals surface area contributed by atoms with Crippen LogP contribution in [0.4, 0.5) is 0 Å². The summed E-state index contributed by atoms with van der Waals surface area (Å²) in [7, 11) is 0. The second-order valence-corrected chi connectivity index (χ2v) is 4.40. The van der Waals surface area contributed by atoms with E-state index in [0.29, 0.717) is 0 Å². The molecule has 0 aromatic heterocycles. The lowest BCUT2D eigenvalue weighted by Gasteiger charge is -2.13. The minimum Gasteiger partial charge on any atom is -0.0988 e. The Balaban J connectivity index is 3.16. The van der Waals surface area contributed by atoms with Crippen molar-refractivity contribution >= 4 is 5.57 Å². The summed E-state index contributed by atoms with van der Waals surface area (Å²) < 4.78 is 0. The smallest absolute Gasteiger partial charge is 0.0155 e. The summed E-state index contributed by atoms with van der Waals surface area (Å²) in [5.74, 6) is 0. The molecule has 0 aliphatic rings. The Morgan fingerprint density at radius 2 is 1.88 bits per heavy atom. The molecule has 0 saturated carbocycles. The summed E-state index contributed by atoms with van der Waals surface area (Å²) in [4.78, 5) is 0. The van der Waals surface area contributed by atoms with Gasteiger partial charge in [-0.1, -0.05) is 56.8 Å². The van der Waals surface area contributed by atoms with Crippen LogP contribution in [0, 0.1) is 0 Å². The first-order valence-electron chi connectivity index (χ1n) is 6.19. The average Bonchev–Trinajstić information content (AvgIpc) is 2.37. The molecule has 1 aromatic carbocycles. The lowest BCUT2D eigenvalue weighted by molar-refractivity contribution is 0.918. The van der Waals surface area contributed by atoms with Crippen LogP contribution in [0.3, 0.4) is 0 Å². The quantitative estimate of drug-likeness (QED) is 0.607. The normalized spacial score (nSPS) is 11.9. The van der Waals surface area contributed by atoms with Crippen molar-refractivity contribution in [2.24, 2.45) is 0 Å². The van der Waals surface area contributed by atoms with Crippen LogP contribution in [0.5, 0.6) is 0 Å². The summed E-state index contributed by atoms with van der Waals surface area (Å²) in [5.41, 5.74) is 6.19. The number of benzene rings is 1. The molecule has 0 N–H and O–H groups in total. The van der Waals surface area contributed by atoms with Crippen LogP contribution < -0.4 is 0 Å². The van der Waals surface area contributed by atoms with Gasteiger partial charge in [-0.05, 0) is 48.1 Å². The second kappa shape index (κ2) is 6.24. The predicted octanol–water partition coefficient (Wildman–Crippen LogP) is 5.17. The fourth-order valence-electron chi connectivity index (χ4n) is 1.90. The molecule has 0 bridgehead atoms. The third-order valence-electron chi connectivity index (χ3n) is 3.21. The van der Waals surface area contributed by atoms with E-state index >= 15 is 0 Å². The summed E-state index contributed by atoms with van der Waals surface area (Å²) in [6, 6.07) is 8.53. The van der Waals surface area contributed by atoms with E-state index in [1.54, 1.807) is 0 Å². The molecule has 0 heterocycles. The SMILES string of the molecule is C=C/C(C)=C(/C)C(=C)c1ccccc1CCC. The molecule has 90 valence electrons. The van der Waals surface area contributed by atoms with Gasteiger partial charge in [0.25, 0.3) is 0 Å². The molecule has 0 atom stereocenters. The Hall–Kier alpha value is -1.56. The van der Waals surface area contributed by atoms with E-state index in [4.69, 9.17) is 0 Å². The monoisotopic (exact) mass is 226 g/mol. The molecule has 17 heavy (non-hydrogen) atoms. The van der Waals surface area contributed by atoms with Gasteiger partial charge in [-0.25, -0.2) is 0 Å². The van der Waals surface area contributed by atoms with E-state index in [0.717, 1.165) is 18.4 Å². The maximum Gasteiger partial charge on any atom is -0.0155 e. The third kappa shape index (κ3) is 3.20. The van der Waals surface area contributed by atoms with Crippen LogP contribution >= 0.6 is 0 Å². The Morgan fingerprint density at radius 1 is 1.24 bits per heavy atom. The van der Waals surface area contributed by atoms with Gasteiger partial charge < -0.3 is 0 Å². The zero-order chi connectivity index (χ0) is 12.8. The average molecular weight is 226 g/mol. The summed E-state index contributed by atoms with van der Waals surface area (Å²) in [6.45, 7) is 14.4. The lowest BCUT2D eigenvalue weighted by atomic mass is 9.92. The lowest BCUT2D eigenvalue weighted by Crippen LogP contribution is -1.94. The Morgan fingerprint density at radius 3 is 2.47 bits per heavy atom. The van der Waals surface area contributed by atoms with Crippen molar-refractivity contribution in [3.8, 4) is 0 Å². The van der Waals surface area contributed by atoms with E-state index < -0.39 is 0 Å². The van der Waals surface area contributed by atoms with Crippen LogP contribution in [0.25, 0.3) is 5.57 Å². The first-order chi connectivity index (χ1) is 8.11. The number of rotatable bonds is 5. The first-order valence-corrected chi connectivity index (χ1v) is 6.19. The van der Waals surface area contributed by atoms with Crippen LogP contribution in [0.2, 0.25) is 0 Å². The zero-order valence-electron chi connectivity index (χ0n) is 11.2. The van der Waals surface area contributed by atoms with Gasteiger partial charge in [0.2, 0.25) is 0 Å². The molecular formula is C17H22. The maximum absolute atomic E-state index is 4.23. The topological polar surface area (TPSA) is 0 Å². The van der Waals surface area contributed by atoms with Gasteiger partial charge in [0.15, 0.2) is 0 Å². The summed E-state index contributed by atoms with van der Waals surface area (Å²) in [5, 5.41) is 0. The fraction of sp³-hybridized carbons (Fsp3) is 0.294. The molecule has 0 unspecified atom stereocenters. The van der Waals surface area contributed by atoms with E-state index in [1.165, 1.54) is 22.3 Å². The molecule has 0 spiro atoms. The van der Waals surface area contributed by atoms with Gasteiger partial charge in [0.1, 0.15) is 0 Å². The minimum absolute atomic E-state index is 1.11. The van der Waals surface area contributed by atoms with Gasteiger partial charge in [-0.2, -0.15) is 0 Å². The Kier molecular flexibility index (Phi) is 4.96. The molecule has 0 aliphatic carbocycles. The fourth-order valence-corrected chi connectivity index (χ4v) is 1.90. The third-order valence-corrected chi connectivity index (χ3v) is 3.21. The molecule has 1 rings (SSSR count). The summed E-state index contributed by atoms with van der Waals surface area (Å²) >= 11 is 0. The molecule has 0 aliphatic heterocycles. The standard InChI is InChI=1S/C17H22/c1-6-10-16-11-8-9-12-17(16)15(5)14(4)13(3)7-2/h7-9,11-12H,2,5-6,10H2,1,3-4H3/b14-13-. The van der Waals surface area contributed by atoms with Gasteiger partial charge in [-0.15, -0.1) is 0 Å². The molecule has 0 amide bonds. The highest BCUT2D eigenvalue weighted by atomic mass is 14.1. The van der Waals surface area contributed by atoms with Crippen LogP contribution in [0.15, 0.2) is 54.6 Å². The highest BCUT2D eigenvalue weighted by Crippen LogP contribution is 2.27. The van der Waals surface area contributed by atoms with E-state index in [2.05, 4.69) is 58.2 Å². The van der Waals surface area contributed by atoms with Crippen molar-refractivity contribution in [1.82, 2.24) is 0 Å².